The van der Waals surface area contributed by atoms with Gasteiger partial charge in [-0.05, 0) is 5.92 Å². The van der Waals surface area contributed by atoms with Gasteiger partial charge in [0.25, 0.3) is 0 Å². The van der Waals surface area contributed by atoms with Gasteiger partial charge in [-0.1, -0.05) is 103 Å². The highest BCUT2D eigenvalue weighted by Gasteiger charge is 2.15. The summed E-state index contributed by atoms with van der Waals surface area (Å²) in [5.41, 5.74) is 0. The van der Waals surface area contributed by atoms with Crippen molar-refractivity contribution in [1.29, 1.82) is 0 Å². The molecule has 0 amide bonds. The molecule has 1 aliphatic rings. The lowest BCUT2D eigenvalue weighted by Gasteiger charge is -2.24. The largest absolute Gasteiger partial charge is 0.750 e. The van der Waals surface area contributed by atoms with Crippen LogP contribution in [0.15, 0.2) is 0 Å². The molecule has 0 heterocycles. The highest BCUT2D eigenvalue weighted by Crippen LogP contribution is 2.31. The standard InChI is InChI=1S/C17H34.H2O3S/c1-2-3-4-5-6-7-8-9-10-11-12-14-17-15-13-16-17;1-4(2)3/h17H,2-16H2,1H3;(H2,1,2,3)/p-1. The zero-order valence-corrected chi connectivity index (χ0v) is 14.7. The Balaban J connectivity index is 0.000000885. The molecule has 1 N–H and O–H groups in total. The van der Waals surface area contributed by atoms with Crippen LogP contribution in [0.1, 0.15) is 103 Å². The van der Waals surface area contributed by atoms with Crippen LogP contribution < -0.4 is 0 Å². The molecule has 1 unspecified atom stereocenters. The topological polar surface area (TPSA) is 60.4 Å². The zero-order chi connectivity index (χ0) is 15.8. The van der Waals surface area contributed by atoms with Gasteiger partial charge < -0.3 is 9.11 Å². The maximum absolute atomic E-state index is 8.56. The lowest BCUT2D eigenvalue weighted by Crippen LogP contribution is -2.10. The van der Waals surface area contributed by atoms with Crippen molar-refractivity contribution in [3.63, 3.8) is 0 Å². The lowest BCUT2D eigenvalue weighted by atomic mass is 9.81. The Morgan fingerprint density at radius 3 is 1.62 bits per heavy atom. The second-order valence-electron chi connectivity index (χ2n) is 6.34. The third-order valence-corrected chi connectivity index (χ3v) is 4.44. The van der Waals surface area contributed by atoms with Gasteiger partial charge >= 0.3 is 0 Å². The molecule has 1 fully saturated rings. The summed E-state index contributed by atoms with van der Waals surface area (Å²) in [6.07, 6.45) is 22.4. The van der Waals surface area contributed by atoms with Crippen LogP contribution in [0.25, 0.3) is 0 Å². The van der Waals surface area contributed by atoms with Crippen LogP contribution in [0.2, 0.25) is 0 Å². The number of unbranched alkanes of at least 4 members (excludes halogenated alkanes) is 10. The second kappa shape index (κ2) is 16.4. The third kappa shape index (κ3) is 18.0. The first-order valence-electron chi connectivity index (χ1n) is 8.95. The fraction of sp³-hybridized carbons (Fsp3) is 1.00. The first-order chi connectivity index (χ1) is 10.2. The average Bonchev–Trinajstić information content (AvgIpc) is 2.37. The van der Waals surface area contributed by atoms with Gasteiger partial charge in [0.15, 0.2) is 0 Å². The van der Waals surface area contributed by atoms with Gasteiger partial charge in [-0.2, -0.15) is 0 Å². The molecule has 0 aliphatic heterocycles. The van der Waals surface area contributed by atoms with Crippen molar-refractivity contribution in [3.05, 3.63) is 0 Å². The first-order valence-corrected chi connectivity index (χ1v) is 9.98. The summed E-state index contributed by atoms with van der Waals surface area (Å²) in [5, 5.41) is 0. The number of hydrogen-bond acceptors (Lipinski definition) is 2. The minimum absolute atomic E-state index is 1.13. The molecular formula is C17H35O3S-. The Labute approximate surface area is 134 Å². The first kappa shape index (κ1) is 21.1. The molecule has 1 aliphatic carbocycles. The summed E-state index contributed by atoms with van der Waals surface area (Å²) >= 11 is -2.86. The second-order valence-corrected chi connectivity index (χ2v) is 6.77. The van der Waals surface area contributed by atoms with Gasteiger partial charge in [0.2, 0.25) is 0 Å². The van der Waals surface area contributed by atoms with Crippen LogP contribution >= 0.6 is 0 Å². The molecule has 1 atom stereocenters. The molecular weight excluding hydrogens is 284 g/mol. The van der Waals surface area contributed by atoms with Crippen molar-refractivity contribution in [2.24, 2.45) is 5.92 Å². The van der Waals surface area contributed by atoms with Crippen molar-refractivity contribution >= 4 is 11.4 Å². The smallest absolute Gasteiger partial charge is 0.0814 e. The van der Waals surface area contributed by atoms with Gasteiger partial charge in [0, 0.05) is 0 Å². The molecule has 0 aromatic rings. The molecule has 0 spiro atoms. The predicted octanol–water partition coefficient (Wildman–Crippen LogP) is 5.83. The molecule has 0 bridgehead atoms. The molecule has 1 saturated carbocycles. The Morgan fingerprint density at radius 2 is 1.29 bits per heavy atom. The van der Waals surface area contributed by atoms with Crippen molar-refractivity contribution in [2.75, 3.05) is 0 Å². The monoisotopic (exact) mass is 319 g/mol. The number of rotatable bonds is 12. The molecule has 1 rings (SSSR count). The summed E-state index contributed by atoms with van der Waals surface area (Å²) in [7, 11) is 0. The lowest BCUT2D eigenvalue weighted by molar-refractivity contribution is 0.286. The van der Waals surface area contributed by atoms with Crippen molar-refractivity contribution in [3.8, 4) is 0 Å². The fourth-order valence-electron chi connectivity index (χ4n) is 2.88. The molecule has 4 heteroatoms. The van der Waals surface area contributed by atoms with Crippen molar-refractivity contribution in [2.45, 2.75) is 103 Å². The number of hydrogen-bond donors (Lipinski definition) is 1. The average molecular weight is 320 g/mol. The summed E-state index contributed by atoms with van der Waals surface area (Å²) in [6.45, 7) is 2.30. The van der Waals surface area contributed by atoms with Crippen molar-refractivity contribution < 1.29 is 13.3 Å². The SMILES string of the molecule is CCCCCCCCCCCCCC1CCC1.O=S([O-])O. The van der Waals surface area contributed by atoms with Crippen LogP contribution in [-0.2, 0) is 11.4 Å². The van der Waals surface area contributed by atoms with Crippen molar-refractivity contribution in [1.82, 2.24) is 0 Å². The molecule has 0 aromatic heterocycles. The normalized spacial score (nSPS) is 16.0. The molecule has 0 saturated heterocycles. The maximum atomic E-state index is 8.56. The van der Waals surface area contributed by atoms with Gasteiger partial charge in [0.1, 0.15) is 0 Å². The Kier molecular flexibility index (Phi) is 16.5. The van der Waals surface area contributed by atoms with Crippen LogP contribution in [0.5, 0.6) is 0 Å². The van der Waals surface area contributed by atoms with E-state index in [0.29, 0.717) is 0 Å². The predicted molar refractivity (Wildman–Crippen MR) is 90.0 cm³/mol. The highest BCUT2D eigenvalue weighted by molar-refractivity contribution is 7.73. The van der Waals surface area contributed by atoms with Gasteiger partial charge in [-0.3, -0.25) is 0 Å². The maximum Gasteiger partial charge on any atom is 0.0814 e. The van der Waals surface area contributed by atoms with Gasteiger partial charge in [-0.25, -0.2) is 4.21 Å². The highest BCUT2D eigenvalue weighted by atomic mass is 32.2. The fourth-order valence-corrected chi connectivity index (χ4v) is 2.88. The van der Waals surface area contributed by atoms with E-state index in [1.54, 1.807) is 0 Å². The van der Waals surface area contributed by atoms with E-state index in [4.69, 9.17) is 13.3 Å². The molecule has 128 valence electrons. The Hall–Kier alpha value is 0.0700. The van der Waals surface area contributed by atoms with E-state index in [0.717, 1.165) is 5.92 Å². The molecule has 0 aromatic carbocycles. The Bertz CT molecular complexity index is 226. The molecule has 21 heavy (non-hydrogen) atoms. The minimum atomic E-state index is -2.86. The van der Waals surface area contributed by atoms with E-state index in [9.17, 15) is 0 Å². The van der Waals surface area contributed by atoms with E-state index >= 15 is 0 Å². The molecule has 3 nitrogen and oxygen atoms in total. The minimum Gasteiger partial charge on any atom is -0.750 e. The summed E-state index contributed by atoms with van der Waals surface area (Å²) < 4.78 is 24.1. The zero-order valence-electron chi connectivity index (χ0n) is 13.9. The summed E-state index contributed by atoms with van der Waals surface area (Å²) in [6, 6.07) is 0. The van der Waals surface area contributed by atoms with Crippen LogP contribution in [0.3, 0.4) is 0 Å². The summed E-state index contributed by atoms with van der Waals surface area (Å²) in [5.74, 6) is 1.13. The Morgan fingerprint density at radius 1 is 0.905 bits per heavy atom. The van der Waals surface area contributed by atoms with Gasteiger partial charge in [0.05, 0.1) is 11.4 Å². The van der Waals surface area contributed by atoms with E-state index in [1.165, 1.54) is 96.3 Å². The third-order valence-electron chi connectivity index (χ3n) is 4.44. The van der Waals surface area contributed by atoms with E-state index in [1.807, 2.05) is 0 Å². The van der Waals surface area contributed by atoms with Gasteiger partial charge in [-0.15, -0.1) is 0 Å². The van der Waals surface area contributed by atoms with E-state index < -0.39 is 11.4 Å². The van der Waals surface area contributed by atoms with Crippen LogP contribution in [0.4, 0.5) is 0 Å². The quantitative estimate of drug-likeness (QED) is 0.364. The van der Waals surface area contributed by atoms with Crippen LogP contribution in [-0.4, -0.2) is 13.3 Å². The van der Waals surface area contributed by atoms with Crippen LogP contribution in [0, 0.1) is 5.92 Å². The molecule has 0 radical (unpaired) electrons. The summed E-state index contributed by atoms with van der Waals surface area (Å²) in [4.78, 5) is 0. The van der Waals surface area contributed by atoms with E-state index in [2.05, 4.69) is 6.92 Å². The van der Waals surface area contributed by atoms with E-state index in [-0.39, 0.29) is 0 Å².